The van der Waals surface area contributed by atoms with Crippen molar-refractivity contribution in [1.29, 1.82) is 0 Å². The quantitative estimate of drug-likeness (QED) is 0.163. The Morgan fingerprint density at radius 1 is 0.477 bits per heavy atom. The van der Waals surface area contributed by atoms with Crippen molar-refractivity contribution in [3.8, 4) is 33.4 Å². The molecule has 2 nitrogen and oxygen atoms in total. The summed E-state index contributed by atoms with van der Waals surface area (Å²) in [6, 6.07) is 58.9. The lowest BCUT2D eigenvalue weighted by atomic mass is 9.81. The lowest BCUT2D eigenvalue weighted by Crippen LogP contribution is -2.17. The molecular formula is C63H46N2. The van der Waals surface area contributed by atoms with Crippen LogP contribution in [0.4, 0.5) is 28.4 Å². The summed E-state index contributed by atoms with van der Waals surface area (Å²) in [7, 11) is 0. The molecule has 65 heavy (non-hydrogen) atoms. The molecule has 0 fully saturated rings. The van der Waals surface area contributed by atoms with Crippen molar-refractivity contribution in [2.75, 3.05) is 9.80 Å². The monoisotopic (exact) mass is 830 g/mol. The van der Waals surface area contributed by atoms with Gasteiger partial charge in [0.05, 0.1) is 17.1 Å². The fraction of sp³-hybridized carbons (Fsp3) is 0.0794. The molecule has 8 aromatic carbocycles. The van der Waals surface area contributed by atoms with Crippen molar-refractivity contribution >= 4 is 69.6 Å². The second-order valence-corrected chi connectivity index (χ2v) is 18.6. The molecule has 2 heterocycles. The van der Waals surface area contributed by atoms with E-state index in [1.54, 1.807) is 0 Å². The predicted molar refractivity (Wildman–Crippen MR) is 277 cm³/mol. The van der Waals surface area contributed by atoms with E-state index in [4.69, 9.17) is 0 Å². The molecule has 13 rings (SSSR count). The summed E-state index contributed by atoms with van der Waals surface area (Å²) in [4.78, 5) is 4.90. The van der Waals surface area contributed by atoms with Gasteiger partial charge in [-0.2, -0.15) is 0 Å². The van der Waals surface area contributed by atoms with Crippen LogP contribution in [0.5, 0.6) is 0 Å². The van der Waals surface area contributed by atoms with Gasteiger partial charge in [0.25, 0.3) is 0 Å². The number of benzene rings is 8. The molecule has 5 aliphatic rings. The maximum absolute atomic E-state index is 2.46. The summed E-state index contributed by atoms with van der Waals surface area (Å²) in [6.07, 6.45) is 21.4. The molecule has 0 aromatic heterocycles. The molecular weight excluding hydrogens is 785 g/mol. The lowest BCUT2D eigenvalue weighted by Gasteiger charge is -2.29. The third-order valence-electron chi connectivity index (χ3n) is 14.4. The highest BCUT2D eigenvalue weighted by molar-refractivity contribution is 6.17. The topological polar surface area (TPSA) is 6.48 Å². The van der Waals surface area contributed by atoms with Gasteiger partial charge >= 0.3 is 0 Å². The highest BCUT2D eigenvalue weighted by Gasteiger charge is 2.36. The van der Waals surface area contributed by atoms with Crippen LogP contribution in [0.2, 0.25) is 0 Å². The molecule has 0 amide bonds. The lowest BCUT2D eigenvalue weighted by molar-refractivity contribution is 0.660. The molecule has 0 radical (unpaired) electrons. The van der Waals surface area contributed by atoms with Crippen molar-refractivity contribution in [2.24, 2.45) is 0 Å². The van der Waals surface area contributed by atoms with E-state index in [1.807, 2.05) is 0 Å². The minimum Gasteiger partial charge on any atom is -0.310 e. The molecule has 2 aliphatic heterocycles. The minimum atomic E-state index is -0.174. The summed E-state index contributed by atoms with van der Waals surface area (Å²) < 4.78 is 0. The largest absolute Gasteiger partial charge is 0.310 e. The molecule has 0 unspecified atom stereocenters. The first kappa shape index (κ1) is 37.6. The van der Waals surface area contributed by atoms with Gasteiger partial charge in [0.1, 0.15) is 0 Å². The summed E-state index contributed by atoms with van der Waals surface area (Å²) in [6.45, 7) is 7.00. The third kappa shape index (κ3) is 5.80. The molecule has 8 aromatic rings. The summed E-state index contributed by atoms with van der Waals surface area (Å²) in [5.41, 5.74) is 26.3. The van der Waals surface area contributed by atoms with Crippen molar-refractivity contribution in [3.63, 3.8) is 0 Å². The number of nitrogens with zero attached hydrogens (tertiary/aromatic N) is 2. The van der Waals surface area contributed by atoms with Crippen LogP contribution in [0.25, 0.3) is 74.5 Å². The fourth-order valence-electron chi connectivity index (χ4n) is 11.2. The second-order valence-electron chi connectivity index (χ2n) is 18.6. The maximum atomic E-state index is 2.46. The zero-order valence-electron chi connectivity index (χ0n) is 36.8. The van der Waals surface area contributed by atoms with Crippen molar-refractivity contribution in [2.45, 2.75) is 32.6 Å². The van der Waals surface area contributed by atoms with Crippen molar-refractivity contribution in [3.05, 3.63) is 238 Å². The average molecular weight is 831 g/mol. The van der Waals surface area contributed by atoms with Gasteiger partial charge in [-0.1, -0.05) is 183 Å². The Hall–Kier alpha value is -7.94. The van der Waals surface area contributed by atoms with Crippen molar-refractivity contribution < 1.29 is 0 Å². The van der Waals surface area contributed by atoms with Gasteiger partial charge in [-0.3, -0.25) is 0 Å². The van der Waals surface area contributed by atoms with Gasteiger partial charge < -0.3 is 9.80 Å². The predicted octanol–water partition coefficient (Wildman–Crippen LogP) is 17.2. The Kier molecular flexibility index (Phi) is 8.27. The number of hydrogen-bond acceptors (Lipinski definition) is 2. The van der Waals surface area contributed by atoms with E-state index in [1.165, 1.54) is 128 Å². The van der Waals surface area contributed by atoms with Crippen LogP contribution < -0.4 is 9.80 Å². The highest BCUT2D eigenvalue weighted by atomic mass is 15.2. The Labute approximate surface area is 381 Å². The molecule has 0 spiro atoms. The van der Waals surface area contributed by atoms with Gasteiger partial charge in [-0.15, -0.1) is 0 Å². The zero-order valence-corrected chi connectivity index (χ0v) is 36.8. The van der Waals surface area contributed by atoms with E-state index in [0.29, 0.717) is 0 Å². The summed E-state index contributed by atoms with van der Waals surface area (Å²) in [5, 5.41) is 2.62. The number of allylic oxidation sites excluding steroid dienone is 6. The summed E-state index contributed by atoms with van der Waals surface area (Å²) >= 11 is 0. The second kappa shape index (κ2) is 14.3. The van der Waals surface area contributed by atoms with Gasteiger partial charge in [0.2, 0.25) is 0 Å². The van der Waals surface area contributed by atoms with Crippen LogP contribution in [0, 0.1) is 0 Å². The van der Waals surface area contributed by atoms with Crippen LogP contribution in [-0.2, 0) is 5.41 Å². The minimum absolute atomic E-state index is 0.174. The SMILES string of the molecule is CC1=CC=CC2=C(C=Cc3ccccc3N2c2ccc3c(c2)-c2cccc4c(C=Cc5ccc6c(c5)C(C)(C)c5cc(N7c8ccccc8C=Cc8ccccc87)ccc5-6)ccc-3c24)C1. The zero-order chi connectivity index (χ0) is 43.4. The molecule has 0 atom stereocenters. The first-order valence-corrected chi connectivity index (χ1v) is 22.9. The Bertz CT molecular complexity index is 3510. The molecule has 0 saturated heterocycles. The number of rotatable bonds is 4. The van der Waals surface area contributed by atoms with E-state index in [9.17, 15) is 0 Å². The summed E-state index contributed by atoms with van der Waals surface area (Å²) in [5.74, 6) is 0. The fourth-order valence-corrected chi connectivity index (χ4v) is 11.2. The van der Waals surface area contributed by atoms with E-state index in [0.717, 1.165) is 6.42 Å². The smallest absolute Gasteiger partial charge is 0.0534 e. The van der Waals surface area contributed by atoms with E-state index < -0.39 is 0 Å². The highest BCUT2D eigenvalue weighted by Crippen LogP contribution is 2.53. The van der Waals surface area contributed by atoms with Crippen LogP contribution in [0.15, 0.2) is 199 Å². The number of anilines is 5. The normalized spacial score (nSPS) is 15.7. The standard InChI is InChI=1S/C63H46N2/c1-40-12-10-21-61-46(36-40)28-27-45-15-6-7-18-58(45)64(61)47-30-34-50-54-33-29-42(49-16-11-17-53(62(49)54)55(50)38-47)24-22-41-23-32-51-52-35-31-48(39-57(52)63(2,3)56(51)37-41)65-59-19-8-4-13-43(59)25-26-44-14-5-9-20-60(44)65/h4-35,37-39H,36H2,1-3H3. The molecule has 0 saturated carbocycles. The average Bonchev–Trinajstić information content (AvgIpc) is 3.49. The van der Waals surface area contributed by atoms with Crippen LogP contribution >= 0.6 is 0 Å². The van der Waals surface area contributed by atoms with E-state index >= 15 is 0 Å². The van der Waals surface area contributed by atoms with Crippen LogP contribution in [-0.4, -0.2) is 0 Å². The number of para-hydroxylation sites is 3. The molecule has 0 N–H and O–H groups in total. The Morgan fingerprint density at radius 2 is 1.08 bits per heavy atom. The molecule has 308 valence electrons. The van der Waals surface area contributed by atoms with E-state index in [-0.39, 0.29) is 5.41 Å². The number of fused-ring (bicyclic) bond motifs is 9. The van der Waals surface area contributed by atoms with Gasteiger partial charge in [0, 0.05) is 22.5 Å². The van der Waals surface area contributed by atoms with E-state index in [2.05, 4.69) is 243 Å². The molecule has 0 bridgehead atoms. The third-order valence-corrected chi connectivity index (χ3v) is 14.4. The Morgan fingerprint density at radius 3 is 1.82 bits per heavy atom. The van der Waals surface area contributed by atoms with Crippen LogP contribution in [0.3, 0.4) is 0 Å². The number of hydrogen-bond donors (Lipinski definition) is 0. The van der Waals surface area contributed by atoms with Gasteiger partial charge in [0.15, 0.2) is 0 Å². The van der Waals surface area contributed by atoms with Gasteiger partial charge in [-0.05, 0) is 151 Å². The maximum Gasteiger partial charge on any atom is 0.0534 e. The first-order valence-electron chi connectivity index (χ1n) is 22.9. The first-order chi connectivity index (χ1) is 31.9. The van der Waals surface area contributed by atoms with Crippen molar-refractivity contribution in [1.82, 2.24) is 0 Å². The Balaban J connectivity index is 0.840. The van der Waals surface area contributed by atoms with Gasteiger partial charge in [-0.25, -0.2) is 0 Å². The molecule has 2 heteroatoms. The van der Waals surface area contributed by atoms with Crippen LogP contribution in [0.1, 0.15) is 66.1 Å². The molecule has 3 aliphatic carbocycles.